The molecule has 6 heteroatoms. The number of rotatable bonds is 4. The first-order valence-corrected chi connectivity index (χ1v) is 6.95. The number of benzene rings is 1. The predicted molar refractivity (Wildman–Crippen MR) is 80.6 cm³/mol. The van der Waals surface area contributed by atoms with Gasteiger partial charge in [-0.3, -0.25) is 9.78 Å². The van der Waals surface area contributed by atoms with Gasteiger partial charge in [0.1, 0.15) is 0 Å². The van der Waals surface area contributed by atoms with Crippen LogP contribution in [0.25, 0.3) is 0 Å². The van der Waals surface area contributed by atoms with E-state index >= 15 is 0 Å². The Bertz CT molecular complexity index is 646. The van der Waals surface area contributed by atoms with E-state index in [-0.39, 0.29) is 0 Å². The Morgan fingerprint density at radius 2 is 1.95 bits per heavy atom. The average molecular weight is 349 g/mol. The molecular formula is C15H13BrN2O3. The van der Waals surface area contributed by atoms with Crippen molar-refractivity contribution in [3.63, 3.8) is 0 Å². The molecule has 108 valence electrons. The summed E-state index contributed by atoms with van der Waals surface area (Å²) in [5, 5.41) is 2.65. The van der Waals surface area contributed by atoms with Crippen LogP contribution in [-0.4, -0.2) is 24.0 Å². The molecule has 2 aromatic rings. The summed E-state index contributed by atoms with van der Waals surface area (Å²) in [6.07, 6.45) is 3.01. The van der Waals surface area contributed by atoms with Crippen molar-refractivity contribution in [3.05, 3.63) is 64.4 Å². The van der Waals surface area contributed by atoms with E-state index in [4.69, 9.17) is 4.74 Å². The van der Waals surface area contributed by atoms with Crippen molar-refractivity contribution < 1.29 is 14.3 Å². The first-order valence-electron chi connectivity index (χ1n) is 6.16. The number of hydrogen-bond acceptors (Lipinski definition) is 4. The van der Waals surface area contributed by atoms with Gasteiger partial charge in [0.05, 0.1) is 12.7 Å². The van der Waals surface area contributed by atoms with Crippen LogP contribution in [0.4, 0.5) is 0 Å². The summed E-state index contributed by atoms with van der Waals surface area (Å²) in [6, 6.07) is 9.68. The predicted octanol–water partition coefficient (Wildman–Crippen LogP) is 2.49. The highest BCUT2D eigenvalue weighted by atomic mass is 79.9. The zero-order valence-corrected chi connectivity index (χ0v) is 12.8. The van der Waals surface area contributed by atoms with Crippen molar-refractivity contribution in [1.29, 1.82) is 0 Å². The standard InChI is InChI=1S/C15H13BrN2O3/c1-21-15(20)13(10-5-3-2-4-6-10)18-14(19)11-7-12(16)9-17-8-11/h2-9,13H,1H3,(H,18,19). The summed E-state index contributed by atoms with van der Waals surface area (Å²) < 4.78 is 5.43. The maximum atomic E-state index is 12.2. The lowest BCUT2D eigenvalue weighted by Crippen LogP contribution is -2.34. The fraction of sp³-hybridized carbons (Fsp3) is 0.133. The number of methoxy groups -OCH3 is 1. The van der Waals surface area contributed by atoms with E-state index in [1.807, 2.05) is 6.07 Å². The Morgan fingerprint density at radius 3 is 2.57 bits per heavy atom. The van der Waals surface area contributed by atoms with Gasteiger partial charge in [-0.2, -0.15) is 0 Å². The molecule has 1 amide bonds. The first kappa shape index (κ1) is 15.2. The van der Waals surface area contributed by atoms with Crippen LogP contribution in [0.15, 0.2) is 53.3 Å². The van der Waals surface area contributed by atoms with Crippen LogP contribution in [0, 0.1) is 0 Å². The van der Waals surface area contributed by atoms with E-state index in [0.717, 1.165) is 0 Å². The largest absolute Gasteiger partial charge is 0.467 e. The van der Waals surface area contributed by atoms with Crippen LogP contribution in [0.2, 0.25) is 0 Å². The van der Waals surface area contributed by atoms with Gasteiger partial charge >= 0.3 is 5.97 Å². The number of carbonyl (C=O) groups is 2. The third kappa shape index (κ3) is 3.88. The fourth-order valence-electron chi connectivity index (χ4n) is 1.79. The lowest BCUT2D eigenvalue weighted by atomic mass is 10.1. The van der Waals surface area contributed by atoms with E-state index in [9.17, 15) is 9.59 Å². The number of carbonyl (C=O) groups excluding carboxylic acids is 2. The molecule has 1 unspecified atom stereocenters. The summed E-state index contributed by atoms with van der Waals surface area (Å²) in [7, 11) is 1.28. The lowest BCUT2D eigenvalue weighted by Gasteiger charge is -2.16. The minimum absolute atomic E-state index is 0.356. The van der Waals surface area contributed by atoms with Crippen LogP contribution in [0.5, 0.6) is 0 Å². The van der Waals surface area contributed by atoms with E-state index in [2.05, 4.69) is 26.2 Å². The normalized spacial score (nSPS) is 11.5. The first-order chi connectivity index (χ1) is 10.1. The van der Waals surface area contributed by atoms with E-state index in [1.165, 1.54) is 13.3 Å². The molecule has 0 aliphatic heterocycles. The van der Waals surface area contributed by atoms with E-state index in [1.54, 1.807) is 36.5 Å². The summed E-state index contributed by atoms with van der Waals surface area (Å²) in [6.45, 7) is 0. The third-order valence-corrected chi connectivity index (χ3v) is 3.25. The zero-order chi connectivity index (χ0) is 15.2. The Morgan fingerprint density at radius 1 is 1.24 bits per heavy atom. The van der Waals surface area contributed by atoms with Gasteiger partial charge in [-0.15, -0.1) is 0 Å². The maximum Gasteiger partial charge on any atom is 0.333 e. The zero-order valence-electron chi connectivity index (χ0n) is 11.2. The molecule has 1 atom stereocenters. The number of aromatic nitrogens is 1. The molecule has 1 aromatic carbocycles. The molecule has 5 nitrogen and oxygen atoms in total. The SMILES string of the molecule is COC(=O)C(NC(=O)c1cncc(Br)c1)c1ccccc1. The molecule has 0 aliphatic rings. The smallest absolute Gasteiger partial charge is 0.333 e. The molecule has 0 bridgehead atoms. The number of esters is 1. The topological polar surface area (TPSA) is 68.3 Å². The highest BCUT2D eigenvalue weighted by Gasteiger charge is 2.24. The molecule has 2 rings (SSSR count). The Kier molecular flexibility index (Phi) is 5.05. The quantitative estimate of drug-likeness (QED) is 0.862. The minimum atomic E-state index is -0.859. The molecule has 1 N–H and O–H groups in total. The van der Waals surface area contributed by atoms with Crippen LogP contribution in [0.3, 0.4) is 0 Å². The Hall–Kier alpha value is -2.21. The fourth-order valence-corrected chi connectivity index (χ4v) is 2.16. The van der Waals surface area contributed by atoms with Crippen molar-refractivity contribution in [2.75, 3.05) is 7.11 Å². The number of amides is 1. The minimum Gasteiger partial charge on any atom is -0.467 e. The van der Waals surface area contributed by atoms with Gasteiger partial charge in [0.15, 0.2) is 6.04 Å². The van der Waals surface area contributed by atoms with E-state index in [0.29, 0.717) is 15.6 Å². The maximum absolute atomic E-state index is 12.2. The van der Waals surface area contributed by atoms with Gasteiger partial charge in [-0.05, 0) is 27.6 Å². The molecule has 0 aliphatic carbocycles. The van der Waals surface area contributed by atoms with Crippen molar-refractivity contribution in [2.45, 2.75) is 6.04 Å². The number of hydrogen-bond donors (Lipinski definition) is 1. The summed E-state index contributed by atoms with van der Waals surface area (Å²) in [5.74, 6) is -0.930. The van der Waals surface area contributed by atoms with Crippen LogP contribution >= 0.6 is 15.9 Å². The van der Waals surface area contributed by atoms with Gasteiger partial charge in [0.2, 0.25) is 0 Å². The third-order valence-electron chi connectivity index (χ3n) is 2.81. The Balaban J connectivity index is 2.23. The highest BCUT2D eigenvalue weighted by Crippen LogP contribution is 2.16. The number of halogens is 1. The van der Waals surface area contributed by atoms with Crippen molar-refractivity contribution in [1.82, 2.24) is 10.3 Å². The van der Waals surface area contributed by atoms with Crippen LogP contribution in [-0.2, 0) is 9.53 Å². The molecular weight excluding hydrogens is 336 g/mol. The van der Waals surface area contributed by atoms with Gasteiger partial charge < -0.3 is 10.1 Å². The van der Waals surface area contributed by atoms with Gasteiger partial charge in [-0.25, -0.2) is 4.79 Å². The van der Waals surface area contributed by atoms with Crippen LogP contribution < -0.4 is 5.32 Å². The highest BCUT2D eigenvalue weighted by molar-refractivity contribution is 9.10. The summed E-state index contributed by atoms with van der Waals surface area (Å²) >= 11 is 3.25. The molecule has 0 fully saturated rings. The molecule has 0 radical (unpaired) electrons. The van der Waals surface area contributed by atoms with Gasteiger partial charge in [0.25, 0.3) is 5.91 Å². The number of nitrogens with zero attached hydrogens (tertiary/aromatic N) is 1. The van der Waals surface area contributed by atoms with Crippen molar-refractivity contribution >= 4 is 27.8 Å². The number of ether oxygens (including phenoxy) is 1. The second kappa shape index (κ2) is 6.99. The molecule has 1 aromatic heterocycles. The molecule has 0 spiro atoms. The second-order valence-corrected chi connectivity index (χ2v) is 5.15. The van der Waals surface area contributed by atoms with E-state index < -0.39 is 17.9 Å². The lowest BCUT2D eigenvalue weighted by molar-refractivity contribution is -0.143. The van der Waals surface area contributed by atoms with Gasteiger partial charge in [-0.1, -0.05) is 30.3 Å². The van der Waals surface area contributed by atoms with Gasteiger partial charge in [0, 0.05) is 16.9 Å². The van der Waals surface area contributed by atoms with Crippen LogP contribution in [0.1, 0.15) is 22.0 Å². The second-order valence-electron chi connectivity index (χ2n) is 4.23. The number of pyridine rings is 1. The van der Waals surface area contributed by atoms with Crippen molar-refractivity contribution in [2.24, 2.45) is 0 Å². The monoisotopic (exact) mass is 348 g/mol. The Labute approximate surface area is 130 Å². The summed E-state index contributed by atoms with van der Waals surface area (Å²) in [4.78, 5) is 28.0. The molecule has 0 saturated heterocycles. The molecule has 21 heavy (non-hydrogen) atoms. The average Bonchev–Trinajstić information content (AvgIpc) is 2.52. The van der Waals surface area contributed by atoms with Crippen molar-refractivity contribution in [3.8, 4) is 0 Å². The molecule has 1 heterocycles. The summed E-state index contributed by atoms with van der Waals surface area (Å²) in [5.41, 5.74) is 1.01. The molecule has 0 saturated carbocycles. The number of nitrogens with one attached hydrogen (secondary N) is 1.